The van der Waals surface area contributed by atoms with Gasteiger partial charge >= 0.3 is 5.70 Å². The lowest BCUT2D eigenvalue weighted by Crippen LogP contribution is -2.58. The molecule has 0 bridgehead atoms. The standard InChI is InChI=1S/C6H9N3O4/c7-6(8)2-4(10)3(9(12)13)1-5(6)11/h1-2,5,10-11H,7-8H2. The lowest BCUT2D eigenvalue weighted by atomic mass is 9.97. The molecule has 0 spiro atoms. The average Bonchev–Trinajstić information content (AvgIpc) is 1.95. The van der Waals surface area contributed by atoms with Gasteiger partial charge < -0.3 is 21.7 Å². The van der Waals surface area contributed by atoms with Crippen LogP contribution in [0.4, 0.5) is 0 Å². The van der Waals surface area contributed by atoms with Crippen LogP contribution in [0.2, 0.25) is 0 Å². The SMILES string of the molecule is NC1(N)C=C(O)C([N+](=O)[O-])=CC1O. The van der Waals surface area contributed by atoms with Crippen molar-refractivity contribution in [3.05, 3.63) is 33.7 Å². The molecule has 0 fully saturated rings. The summed E-state index contributed by atoms with van der Waals surface area (Å²) in [7, 11) is 0. The Bertz CT molecular complexity index is 307. The summed E-state index contributed by atoms with van der Waals surface area (Å²) in [6, 6.07) is 0. The molecular formula is C6H9N3O4. The van der Waals surface area contributed by atoms with Crippen molar-refractivity contribution >= 4 is 0 Å². The Labute approximate surface area is 73.1 Å². The van der Waals surface area contributed by atoms with Crippen molar-refractivity contribution in [2.24, 2.45) is 11.5 Å². The number of aliphatic hydroxyl groups excluding tert-OH is 2. The van der Waals surface area contributed by atoms with E-state index in [2.05, 4.69) is 0 Å². The van der Waals surface area contributed by atoms with Crippen molar-refractivity contribution < 1.29 is 15.1 Å². The predicted molar refractivity (Wildman–Crippen MR) is 42.9 cm³/mol. The number of rotatable bonds is 1. The Morgan fingerprint density at radius 2 is 2.15 bits per heavy atom. The first-order valence-corrected chi connectivity index (χ1v) is 3.39. The molecule has 1 aliphatic rings. The molecule has 7 heteroatoms. The van der Waals surface area contributed by atoms with Crippen molar-refractivity contribution in [3.63, 3.8) is 0 Å². The molecule has 72 valence electrons. The highest BCUT2D eigenvalue weighted by Crippen LogP contribution is 2.20. The Hall–Kier alpha value is -1.44. The summed E-state index contributed by atoms with van der Waals surface area (Å²) in [6.45, 7) is 0. The maximum atomic E-state index is 10.3. The summed E-state index contributed by atoms with van der Waals surface area (Å²) in [4.78, 5) is 9.44. The third kappa shape index (κ3) is 1.66. The van der Waals surface area contributed by atoms with Gasteiger partial charge in [-0.25, -0.2) is 0 Å². The lowest BCUT2D eigenvalue weighted by molar-refractivity contribution is -0.425. The zero-order valence-electron chi connectivity index (χ0n) is 6.54. The highest BCUT2D eigenvalue weighted by Gasteiger charge is 2.35. The number of nitrogens with two attached hydrogens (primary N) is 2. The first kappa shape index (κ1) is 9.65. The molecule has 0 aromatic carbocycles. The number of aliphatic hydroxyl groups is 2. The van der Waals surface area contributed by atoms with E-state index in [4.69, 9.17) is 16.6 Å². The maximum Gasteiger partial charge on any atom is 0.309 e. The zero-order chi connectivity index (χ0) is 10.2. The Balaban J connectivity index is 3.08. The second-order valence-electron chi connectivity index (χ2n) is 2.78. The lowest BCUT2D eigenvalue weighted by Gasteiger charge is -2.26. The monoisotopic (exact) mass is 187 g/mol. The second-order valence-corrected chi connectivity index (χ2v) is 2.78. The molecule has 0 aromatic rings. The fourth-order valence-electron chi connectivity index (χ4n) is 0.930. The largest absolute Gasteiger partial charge is 0.502 e. The van der Waals surface area contributed by atoms with Crippen LogP contribution < -0.4 is 11.5 Å². The van der Waals surface area contributed by atoms with Gasteiger partial charge in [0, 0.05) is 12.2 Å². The van der Waals surface area contributed by atoms with Gasteiger partial charge in [0.15, 0.2) is 5.76 Å². The highest BCUT2D eigenvalue weighted by molar-refractivity contribution is 5.31. The van der Waals surface area contributed by atoms with E-state index in [9.17, 15) is 15.2 Å². The van der Waals surface area contributed by atoms with Gasteiger partial charge in [-0.2, -0.15) is 0 Å². The van der Waals surface area contributed by atoms with Crippen LogP contribution in [-0.4, -0.2) is 26.9 Å². The van der Waals surface area contributed by atoms with E-state index in [1.54, 1.807) is 0 Å². The van der Waals surface area contributed by atoms with Gasteiger partial charge in [-0.3, -0.25) is 10.1 Å². The minimum Gasteiger partial charge on any atom is -0.502 e. The molecule has 1 aliphatic carbocycles. The molecule has 1 atom stereocenters. The normalized spacial score (nSPS) is 26.2. The molecule has 13 heavy (non-hydrogen) atoms. The average molecular weight is 187 g/mol. The summed E-state index contributed by atoms with van der Waals surface area (Å²) in [5, 5.41) is 28.5. The molecule has 0 aromatic heterocycles. The van der Waals surface area contributed by atoms with Gasteiger partial charge in [0.05, 0.1) is 4.92 Å². The third-order valence-electron chi connectivity index (χ3n) is 1.67. The minimum absolute atomic E-state index is 0.598. The fraction of sp³-hybridized carbons (Fsp3) is 0.333. The summed E-state index contributed by atoms with van der Waals surface area (Å²) < 4.78 is 0. The molecule has 1 unspecified atom stereocenters. The van der Waals surface area contributed by atoms with Crippen LogP contribution in [-0.2, 0) is 0 Å². The van der Waals surface area contributed by atoms with E-state index < -0.39 is 28.1 Å². The van der Waals surface area contributed by atoms with E-state index in [0.717, 1.165) is 12.2 Å². The maximum absolute atomic E-state index is 10.3. The quantitative estimate of drug-likeness (QED) is 0.226. The van der Waals surface area contributed by atoms with Crippen molar-refractivity contribution in [3.8, 4) is 0 Å². The number of hydrogen-bond acceptors (Lipinski definition) is 6. The van der Waals surface area contributed by atoms with Crippen molar-refractivity contribution in [2.75, 3.05) is 0 Å². The molecule has 7 nitrogen and oxygen atoms in total. The first-order valence-electron chi connectivity index (χ1n) is 3.39. The van der Waals surface area contributed by atoms with Crippen molar-refractivity contribution in [1.82, 2.24) is 0 Å². The molecule has 0 amide bonds. The van der Waals surface area contributed by atoms with E-state index in [-0.39, 0.29) is 0 Å². The molecule has 0 aliphatic heterocycles. The molecular weight excluding hydrogens is 178 g/mol. The van der Waals surface area contributed by atoms with Crippen LogP contribution in [0.1, 0.15) is 0 Å². The van der Waals surface area contributed by atoms with Gasteiger partial charge in [-0.1, -0.05) is 0 Å². The molecule has 0 radical (unpaired) electrons. The molecule has 0 saturated carbocycles. The summed E-state index contributed by atoms with van der Waals surface area (Å²) in [5.74, 6) is -0.639. The van der Waals surface area contributed by atoms with Crippen LogP contribution in [0.5, 0.6) is 0 Å². The van der Waals surface area contributed by atoms with Gasteiger partial charge in [0.2, 0.25) is 0 Å². The molecule has 0 saturated heterocycles. The van der Waals surface area contributed by atoms with E-state index >= 15 is 0 Å². The summed E-state index contributed by atoms with van der Waals surface area (Å²) in [6.07, 6.45) is 0.259. The summed E-state index contributed by atoms with van der Waals surface area (Å²) >= 11 is 0. The minimum atomic E-state index is -1.66. The van der Waals surface area contributed by atoms with Crippen LogP contribution in [0.3, 0.4) is 0 Å². The van der Waals surface area contributed by atoms with Gasteiger partial charge in [0.25, 0.3) is 0 Å². The van der Waals surface area contributed by atoms with E-state index in [1.165, 1.54) is 0 Å². The number of hydrogen-bond donors (Lipinski definition) is 4. The zero-order valence-corrected chi connectivity index (χ0v) is 6.54. The Morgan fingerprint density at radius 3 is 2.62 bits per heavy atom. The topological polar surface area (TPSA) is 136 Å². The molecule has 1 rings (SSSR count). The number of nitro groups is 1. The first-order chi connectivity index (χ1) is 5.84. The van der Waals surface area contributed by atoms with Crippen LogP contribution in [0.25, 0.3) is 0 Å². The van der Waals surface area contributed by atoms with E-state index in [0.29, 0.717) is 0 Å². The fourth-order valence-corrected chi connectivity index (χ4v) is 0.930. The van der Waals surface area contributed by atoms with E-state index in [1.807, 2.05) is 0 Å². The van der Waals surface area contributed by atoms with Crippen LogP contribution in [0, 0.1) is 10.1 Å². The third-order valence-corrected chi connectivity index (χ3v) is 1.67. The van der Waals surface area contributed by atoms with Crippen molar-refractivity contribution in [2.45, 2.75) is 11.8 Å². The van der Waals surface area contributed by atoms with Crippen molar-refractivity contribution in [1.29, 1.82) is 0 Å². The second kappa shape index (κ2) is 2.80. The van der Waals surface area contributed by atoms with Crippen LogP contribution in [0.15, 0.2) is 23.6 Å². The van der Waals surface area contributed by atoms with Crippen LogP contribution >= 0.6 is 0 Å². The van der Waals surface area contributed by atoms with Gasteiger partial charge in [-0.15, -0.1) is 0 Å². The Kier molecular flexibility index (Phi) is 2.08. The smallest absolute Gasteiger partial charge is 0.309 e. The molecule has 6 N–H and O–H groups in total. The Morgan fingerprint density at radius 1 is 1.62 bits per heavy atom. The van der Waals surface area contributed by atoms with Gasteiger partial charge in [-0.05, 0) is 0 Å². The predicted octanol–water partition coefficient (Wildman–Crippen LogP) is -1.42. The summed E-state index contributed by atoms with van der Waals surface area (Å²) in [5.41, 5.74) is 8.34. The highest BCUT2D eigenvalue weighted by atomic mass is 16.6. The number of nitrogens with zero attached hydrogens (tertiary/aromatic N) is 1. The molecule has 0 heterocycles. The van der Waals surface area contributed by atoms with Gasteiger partial charge in [0.1, 0.15) is 11.8 Å².